The molecule has 0 saturated heterocycles. The van der Waals surface area contributed by atoms with E-state index in [0.29, 0.717) is 0 Å². The molecule has 0 atom stereocenters. The van der Waals surface area contributed by atoms with Gasteiger partial charge in [-0.2, -0.15) is 17.9 Å². The fraction of sp³-hybridized carbons (Fsp3) is 0.857. The van der Waals surface area contributed by atoms with E-state index >= 15 is 0 Å². The van der Waals surface area contributed by atoms with Crippen molar-refractivity contribution in [2.75, 3.05) is 0 Å². The zero-order valence-corrected chi connectivity index (χ0v) is 10.1. The minimum Gasteiger partial charge on any atom is -0.409 e. The van der Waals surface area contributed by atoms with Crippen molar-refractivity contribution in [1.29, 1.82) is 0 Å². The van der Waals surface area contributed by atoms with Crippen LogP contribution in [0.25, 0.3) is 0 Å². The van der Waals surface area contributed by atoms with Gasteiger partial charge < -0.3 is 10.9 Å². The summed E-state index contributed by atoms with van der Waals surface area (Å²) in [5.74, 6) is -0.211. The van der Waals surface area contributed by atoms with Crippen molar-refractivity contribution in [2.24, 2.45) is 10.9 Å². The van der Waals surface area contributed by atoms with Gasteiger partial charge in [0, 0.05) is 6.04 Å². The number of nitrogens with one attached hydrogen (secondary N) is 2. The molecule has 7 nitrogen and oxygen atoms in total. The van der Waals surface area contributed by atoms with E-state index in [0.717, 1.165) is 0 Å². The summed E-state index contributed by atoms with van der Waals surface area (Å²) >= 11 is 0. The number of nitrogens with zero attached hydrogens (tertiary/aromatic N) is 1. The van der Waals surface area contributed by atoms with Crippen LogP contribution in [0, 0.1) is 0 Å². The molecule has 0 aromatic carbocycles. The molecule has 0 amide bonds. The van der Waals surface area contributed by atoms with Gasteiger partial charge in [0.25, 0.3) is 10.2 Å². The molecule has 0 unspecified atom stereocenters. The predicted molar refractivity (Wildman–Crippen MR) is 57.8 cm³/mol. The SMILES string of the molecule is CC(C)NS(=O)(=O)NC(C)(C)C(N)=NO. The largest absolute Gasteiger partial charge is 0.409 e. The van der Waals surface area contributed by atoms with Crippen molar-refractivity contribution in [3.63, 3.8) is 0 Å². The number of hydrogen-bond donors (Lipinski definition) is 4. The van der Waals surface area contributed by atoms with Crippen LogP contribution < -0.4 is 15.2 Å². The lowest BCUT2D eigenvalue weighted by Gasteiger charge is -2.24. The molecule has 90 valence electrons. The fourth-order valence-corrected chi connectivity index (χ4v) is 2.31. The van der Waals surface area contributed by atoms with E-state index < -0.39 is 15.7 Å². The van der Waals surface area contributed by atoms with Crippen LogP contribution in [0.5, 0.6) is 0 Å². The van der Waals surface area contributed by atoms with E-state index in [9.17, 15) is 8.42 Å². The molecule has 0 aromatic rings. The van der Waals surface area contributed by atoms with Crippen LogP contribution in [0.2, 0.25) is 0 Å². The molecular weight excluding hydrogens is 220 g/mol. The zero-order valence-electron chi connectivity index (χ0n) is 9.27. The van der Waals surface area contributed by atoms with Gasteiger partial charge in [-0.3, -0.25) is 0 Å². The Morgan fingerprint density at radius 2 is 1.93 bits per heavy atom. The third kappa shape index (κ3) is 4.96. The maximum absolute atomic E-state index is 11.5. The lowest BCUT2D eigenvalue weighted by atomic mass is 10.1. The highest BCUT2D eigenvalue weighted by Crippen LogP contribution is 2.03. The third-order valence-electron chi connectivity index (χ3n) is 1.53. The van der Waals surface area contributed by atoms with Gasteiger partial charge in [-0.05, 0) is 27.7 Å². The van der Waals surface area contributed by atoms with Gasteiger partial charge in [-0.15, -0.1) is 0 Å². The van der Waals surface area contributed by atoms with Crippen molar-refractivity contribution >= 4 is 16.0 Å². The molecule has 0 aliphatic rings. The summed E-state index contributed by atoms with van der Waals surface area (Å²) in [5.41, 5.74) is 4.19. The van der Waals surface area contributed by atoms with Crippen LogP contribution in [0.4, 0.5) is 0 Å². The predicted octanol–water partition coefficient (Wildman–Crippen LogP) is -0.656. The number of hydrogen-bond acceptors (Lipinski definition) is 4. The molecule has 0 spiro atoms. The fourth-order valence-electron chi connectivity index (χ4n) is 0.853. The van der Waals surface area contributed by atoms with Gasteiger partial charge in [0.1, 0.15) is 0 Å². The lowest BCUT2D eigenvalue weighted by molar-refractivity contribution is 0.312. The monoisotopic (exact) mass is 238 g/mol. The molecule has 0 aromatic heterocycles. The number of oxime groups is 1. The van der Waals surface area contributed by atoms with Crippen LogP contribution in [0.15, 0.2) is 5.16 Å². The van der Waals surface area contributed by atoms with Crippen molar-refractivity contribution in [2.45, 2.75) is 39.3 Å². The summed E-state index contributed by atoms with van der Waals surface area (Å²) in [7, 11) is -3.67. The summed E-state index contributed by atoms with van der Waals surface area (Å²) < 4.78 is 27.5. The highest BCUT2D eigenvalue weighted by molar-refractivity contribution is 7.87. The molecule has 15 heavy (non-hydrogen) atoms. The summed E-state index contributed by atoms with van der Waals surface area (Å²) in [5, 5.41) is 11.2. The van der Waals surface area contributed by atoms with Crippen molar-refractivity contribution in [3.05, 3.63) is 0 Å². The second-order valence-electron chi connectivity index (χ2n) is 3.99. The van der Waals surface area contributed by atoms with Gasteiger partial charge in [0.15, 0.2) is 5.84 Å². The molecule has 0 aliphatic carbocycles. The first-order valence-corrected chi connectivity index (χ1v) is 5.88. The summed E-state index contributed by atoms with van der Waals surface area (Å²) in [6.45, 7) is 6.36. The summed E-state index contributed by atoms with van der Waals surface area (Å²) in [4.78, 5) is 0. The van der Waals surface area contributed by atoms with Crippen LogP contribution in [-0.4, -0.2) is 31.0 Å². The van der Waals surface area contributed by atoms with Crippen LogP contribution in [-0.2, 0) is 10.2 Å². The Kier molecular flexibility index (Phi) is 4.50. The second-order valence-corrected chi connectivity index (χ2v) is 5.43. The average molecular weight is 238 g/mol. The average Bonchev–Trinajstić information content (AvgIpc) is 1.97. The smallest absolute Gasteiger partial charge is 0.278 e. The Bertz CT molecular complexity index is 334. The Balaban J connectivity index is 4.73. The van der Waals surface area contributed by atoms with E-state index in [-0.39, 0.29) is 11.9 Å². The summed E-state index contributed by atoms with van der Waals surface area (Å²) in [6.07, 6.45) is 0. The van der Waals surface area contributed by atoms with Gasteiger partial charge in [-0.1, -0.05) is 5.16 Å². The Labute approximate surface area is 89.9 Å². The first-order valence-electron chi connectivity index (χ1n) is 4.40. The highest BCUT2D eigenvalue weighted by atomic mass is 32.2. The number of rotatable bonds is 5. The Hall–Kier alpha value is -0.860. The van der Waals surface area contributed by atoms with Gasteiger partial charge in [0.2, 0.25) is 0 Å². The Morgan fingerprint density at radius 3 is 2.27 bits per heavy atom. The van der Waals surface area contributed by atoms with Gasteiger partial charge in [-0.25, -0.2) is 0 Å². The molecule has 0 saturated carbocycles. The first kappa shape index (κ1) is 14.1. The molecule has 0 bridgehead atoms. The second kappa shape index (κ2) is 4.77. The maximum atomic E-state index is 11.5. The normalized spacial score (nSPS) is 14.6. The lowest BCUT2D eigenvalue weighted by Crippen LogP contribution is -2.56. The van der Waals surface area contributed by atoms with Crippen molar-refractivity contribution < 1.29 is 13.6 Å². The molecule has 0 radical (unpaired) electrons. The minimum absolute atomic E-state index is 0.211. The van der Waals surface area contributed by atoms with E-state index in [1.165, 1.54) is 13.8 Å². The van der Waals surface area contributed by atoms with E-state index in [1.54, 1.807) is 13.8 Å². The topological polar surface area (TPSA) is 117 Å². The molecule has 0 heterocycles. The molecule has 5 N–H and O–H groups in total. The molecule has 0 fully saturated rings. The van der Waals surface area contributed by atoms with Crippen molar-refractivity contribution in [3.8, 4) is 0 Å². The quantitative estimate of drug-likeness (QED) is 0.220. The van der Waals surface area contributed by atoms with Crippen LogP contribution in [0.1, 0.15) is 27.7 Å². The van der Waals surface area contributed by atoms with Gasteiger partial charge >= 0.3 is 0 Å². The molecule has 0 rings (SSSR count). The van der Waals surface area contributed by atoms with E-state index in [2.05, 4.69) is 14.6 Å². The molecule has 8 heteroatoms. The van der Waals surface area contributed by atoms with E-state index in [1.807, 2.05) is 0 Å². The number of amidine groups is 1. The zero-order chi connectivity index (χ0) is 12.3. The Morgan fingerprint density at radius 1 is 1.47 bits per heavy atom. The standard InChI is InChI=1S/C7H18N4O3S/c1-5(2)10-15(13,14)11-7(3,4)6(8)9-12/h5,10-12H,1-4H3,(H2,8,9). The maximum Gasteiger partial charge on any atom is 0.278 e. The van der Waals surface area contributed by atoms with Crippen molar-refractivity contribution in [1.82, 2.24) is 9.44 Å². The third-order valence-corrected chi connectivity index (χ3v) is 3.09. The van der Waals surface area contributed by atoms with Gasteiger partial charge in [0.05, 0.1) is 5.54 Å². The summed E-state index contributed by atoms with van der Waals surface area (Å²) in [6, 6.07) is -0.231. The van der Waals surface area contributed by atoms with E-state index in [4.69, 9.17) is 10.9 Å². The number of nitrogens with two attached hydrogens (primary N) is 1. The minimum atomic E-state index is -3.67. The van der Waals surface area contributed by atoms with Crippen LogP contribution >= 0.6 is 0 Å². The first-order chi connectivity index (χ1) is 6.60. The molecular formula is C7H18N4O3S. The van der Waals surface area contributed by atoms with Crippen LogP contribution in [0.3, 0.4) is 0 Å². The highest BCUT2D eigenvalue weighted by Gasteiger charge is 2.29. The molecule has 0 aliphatic heterocycles.